The van der Waals surface area contributed by atoms with E-state index < -0.39 is 0 Å². The lowest BCUT2D eigenvalue weighted by atomic mass is 10.3. The van der Waals surface area contributed by atoms with Gasteiger partial charge in [0.15, 0.2) is 5.13 Å². The Morgan fingerprint density at radius 1 is 1.38 bits per heavy atom. The van der Waals surface area contributed by atoms with Crippen molar-refractivity contribution >= 4 is 38.8 Å². The fourth-order valence-corrected chi connectivity index (χ4v) is 3.45. The molecule has 3 heterocycles. The number of rotatable bonds is 4. The molecule has 7 nitrogen and oxygen atoms in total. The van der Waals surface area contributed by atoms with Crippen molar-refractivity contribution in [2.75, 3.05) is 42.9 Å². The van der Waals surface area contributed by atoms with Gasteiger partial charge in [-0.05, 0) is 6.92 Å². The molecule has 0 saturated carbocycles. The highest BCUT2D eigenvalue weighted by molar-refractivity contribution is 7.15. The van der Waals surface area contributed by atoms with Crippen LogP contribution in [0.25, 0.3) is 0 Å². The van der Waals surface area contributed by atoms with Crippen LogP contribution in [0.3, 0.4) is 0 Å². The number of amides is 1. The summed E-state index contributed by atoms with van der Waals surface area (Å²) in [6.45, 7) is 5.99. The molecule has 1 amide bonds. The third-order valence-corrected chi connectivity index (χ3v) is 4.81. The maximum absolute atomic E-state index is 11.9. The second kappa shape index (κ2) is 6.46. The van der Waals surface area contributed by atoms with Gasteiger partial charge in [0.1, 0.15) is 5.51 Å². The predicted molar refractivity (Wildman–Crippen MR) is 84.0 cm³/mol. The number of anilines is 2. The molecule has 0 aromatic carbocycles. The minimum atomic E-state index is -0.0368. The summed E-state index contributed by atoms with van der Waals surface area (Å²) < 4.78 is 0. The van der Waals surface area contributed by atoms with Crippen molar-refractivity contribution in [3.63, 3.8) is 0 Å². The van der Waals surface area contributed by atoms with E-state index in [9.17, 15) is 4.79 Å². The van der Waals surface area contributed by atoms with Crippen molar-refractivity contribution < 1.29 is 4.79 Å². The van der Waals surface area contributed by atoms with E-state index in [1.165, 1.54) is 16.2 Å². The van der Waals surface area contributed by atoms with E-state index in [1.807, 2.05) is 6.20 Å². The first-order valence-corrected chi connectivity index (χ1v) is 8.36. The largest absolute Gasteiger partial charge is 0.346 e. The normalized spacial score (nSPS) is 16.1. The molecular weight excluding hydrogens is 308 g/mol. The molecule has 2 aromatic rings. The summed E-state index contributed by atoms with van der Waals surface area (Å²) in [4.78, 5) is 22.0. The topological polar surface area (TPSA) is 74.2 Å². The lowest BCUT2D eigenvalue weighted by Crippen LogP contribution is -2.48. The van der Waals surface area contributed by atoms with Gasteiger partial charge >= 0.3 is 0 Å². The number of carbonyl (C=O) groups excluding carboxylic acids is 1. The van der Waals surface area contributed by atoms with Gasteiger partial charge < -0.3 is 4.90 Å². The zero-order valence-corrected chi connectivity index (χ0v) is 13.3. The Morgan fingerprint density at radius 3 is 2.81 bits per heavy atom. The standard InChI is InChI=1S/C12H16N6OS2/c1-9-6-13-12(21-9)18-4-2-17(3-5-18)7-10(19)15-11-16-14-8-20-11/h6,8H,2-5,7H2,1H3,(H,15,16,19). The summed E-state index contributed by atoms with van der Waals surface area (Å²) in [5.74, 6) is -0.0368. The van der Waals surface area contributed by atoms with Gasteiger partial charge in [0, 0.05) is 37.3 Å². The van der Waals surface area contributed by atoms with Gasteiger partial charge in [-0.25, -0.2) is 4.98 Å². The minimum absolute atomic E-state index is 0.0368. The predicted octanol–water partition coefficient (Wildman–Crippen LogP) is 1.06. The van der Waals surface area contributed by atoms with Gasteiger partial charge in [0.25, 0.3) is 0 Å². The van der Waals surface area contributed by atoms with Crippen LogP contribution in [-0.2, 0) is 4.79 Å². The highest BCUT2D eigenvalue weighted by Gasteiger charge is 2.21. The summed E-state index contributed by atoms with van der Waals surface area (Å²) >= 11 is 3.04. The summed E-state index contributed by atoms with van der Waals surface area (Å²) in [6.07, 6.45) is 1.90. The molecule has 0 aliphatic carbocycles. The van der Waals surface area contributed by atoms with Crippen LogP contribution in [0.5, 0.6) is 0 Å². The van der Waals surface area contributed by atoms with E-state index >= 15 is 0 Å². The number of aryl methyl sites for hydroxylation is 1. The van der Waals surface area contributed by atoms with E-state index in [1.54, 1.807) is 16.8 Å². The van der Waals surface area contributed by atoms with E-state index in [4.69, 9.17) is 0 Å². The molecule has 2 aromatic heterocycles. The number of nitrogens with zero attached hydrogens (tertiary/aromatic N) is 5. The van der Waals surface area contributed by atoms with Gasteiger partial charge in [-0.3, -0.25) is 15.0 Å². The van der Waals surface area contributed by atoms with Crippen molar-refractivity contribution in [2.24, 2.45) is 0 Å². The van der Waals surface area contributed by atoms with Crippen molar-refractivity contribution in [1.29, 1.82) is 0 Å². The van der Waals surface area contributed by atoms with E-state index in [0.29, 0.717) is 11.7 Å². The van der Waals surface area contributed by atoms with Crippen LogP contribution < -0.4 is 10.2 Å². The SMILES string of the molecule is Cc1cnc(N2CCN(CC(=O)Nc3nncs3)CC2)s1. The Hall–Kier alpha value is -1.58. The van der Waals surface area contributed by atoms with E-state index in [2.05, 4.69) is 37.2 Å². The van der Waals surface area contributed by atoms with Crippen molar-refractivity contribution in [3.8, 4) is 0 Å². The summed E-state index contributed by atoms with van der Waals surface area (Å²) in [7, 11) is 0. The number of carbonyl (C=O) groups is 1. The molecule has 1 aliphatic rings. The molecule has 1 N–H and O–H groups in total. The monoisotopic (exact) mass is 324 g/mol. The van der Waals surface area contributed by atoms with Gasteiger partial charge in [-0.1, -0.05) is 11.3 Å². The average Bonchev–Trinajstić information content (AvgIpc) is 3.11. The molecule has 1 saturated heterocycles. The molecule has 112 valence electrons. The third kappa shape index (κ3) is 3.74. The Kier molecular flexibility index (Phi) is 4.42. The molecule has 0 unspecified atom stereocenters. The average molecular weight is 324 g/mol. The zero-order chi connectivity index (χ0) is 14.7. The zero-order valence-electron chi connectivity index (χ0n) is 11.7. The first kappa shape index (κ1) is 14.4. The molecule has 0 spiro atoms. The Bertz CT molecular complexity index is 591. The van der Waals surface area contributed by atoms with Crippen molar-refractivity contribution in [2.45, 2.75) is 6.92 Å². The lowest BCUT2D eigenvalue weighted by molar-refractivity contribution is -0.117. The molecule has 9 heteroatoms. The summed E-state index contributed by atoms with van der Waals surface area (Å²) in [5, 5.41) is 11.9. The van der Waals surface area contributed by atoms with Gasteiger partial charge in [-0.2, -0.15) is 0 Å². The first-order valence-electron chi connectivity index (χ1n) is 6.66. The van der Waals surface area contributed by atoms with Crippen LogP contribution in [0.15, 0.2) is 11.7 Å². The highest BCUT2D eigenvalue weighted by atomic mass is 32.1. The molecule has 1 aliphatic heterocycles. The Balaban J connectivity index is 1.46. The van der Waals surface area contributed by atoms with Crippen LogP contribution in [0.1, 0.15) is 4.88 Å². The van der Waals surface area contributed by atoms with Crippen molar-refractivity contribution in [3.05, 3.63) is 16.6 Å². The molecular formula is C12H16N6OS2. The number of hydrogen-bond acceptors (Lipinski definition) is 8. The Labute approximate surface area is 130 Å². The maximum Gasteiger partial charge on any atom is 0.240 e. The van der Waals surface area contributed by atoms with Gasteiger partial charge in [0.2, 0.25) is 11.0 Å². The van der Waals surface area contributed by atoms with Gasteiger partial charge in [0.05, 0.1) is 6.54 Å². The second-order valence-corrected chi connectivity index (χ2v) is 6.86. The number of nitrogens with one attached hydrogen (secondary N) is 1. The molecule has 21 heavy (non-hydrogen) atoms. The number of piperazine rings is 1. The molecule has 3 rings (SSSR count). The summed E-state index contributed by atoms with van der Waals surface area (Å²) in [5.41, 5.74) is 1.60. The smallest absolute Gasteiger partial charge is 0.240 e. The second-order valence-electron chi connectivity index (χ2n) is 4.81. The first-order chi connectivity index (χ1) is 10.2. The third-order valence-electron chi connectivity index (χ3n) is 3.23. The molecule has 0 atom stereocenters. The van der Waals surface area contributed by atoms with Crippen LogP contribution >= 0.6 is 22.7 Å². The summed E-state index contributed by atoms with van der Waals surface area (Å²) in [6, 6.07) is 0. The molecule has 0 radical (unpaired) electrons. The van der Waals surface area contributed by atoms with Crippen LogP contribution in [0.2, 0.25) is 0 Å². The van der Waals surface area contributed by atoms with Gasteiger partial charge in [-0.15, -0.1) is 21.5 Å². The van der Waals surface area contributed by atoms with Crippen LogP contribution in [-0.4, -0.2) is 58.7 Å². The number of thiazole rings is 1. The minimum Gasteiger partial charge on any atom is -0.346 e. The molecule has 1 fully saturated rings. The lowest BCUT2D eigenvalue weighted by Gasteiger charge is -2.33. The Morgan fingerprint density at radius 2 is 2.19 bits per heavy atom. The highest BCUT2D eigenvalue weighted by Crippen LogP contribution is 2.22. The molecule has 0 bridgehead atoms. The van der Waals surface area contributed by atoms with E-state index in [0.717, 1.165) is 31.3 Å². The van der Waals surface area contributed by atoms with Crippen LogP contribution in [0.4, 0.5) is 10.3 Å². The number of hydrogen-bond donors (Lipinski definition) is 1. The van der Waals surface area contributed by atoms with Crippen molar-refractivity contribution in [1.82, 2.24) is 20.1 Å². The fraction of sp³-hybridized carbons (Fsp3) is 0.500. The maximum atomic E-state index is 11.9. The number of aromatic nitrogens is 3. The quantitative estimate of drug-likeness (QED) is 0.906. The van der Waals surface area contributed by atoms with E-state index in [-0.39, 0.29) is 5.91 Å². The van der Waals surface area contributed by atoms with Crippen LogP contribution in [0, 0.1) is 6.92 Å². The fourth-order valence-electron chi connectivity index (χ4n) is 2.18.